The van der Waals surface area contributed by atoms with E-state index in [1.807, 2.05) is 29.6 Å². The summed E-state index contributed by atoms with van der Waals surface area (Å²) in [5.74, 6) is -1.23. The van der Waals surface area contributed by atoms with Crippen LogP contribution < -0.4 is 10.2 Å². The highest BCUT2D eigenvalue weighted by Crippen LogP contribution is 2.32. The van der Waals surface area contributed by atoms with Crippen molar-refractivity contribution >= 4 is 51.5 Å². The first-order valence-electron chi connectivity index (χ1n) is 10.1. The van der Waals surface area contributed by atoms with E-state index in [2.05, 4.69) is 17.1 Å². The molecule has 1 heterocycles. The molecule has 0 radical (unpaired) electrons. The highest BCUT2D eigenvalue weighted by molar-refractivity contribution is 7.14. The van der Waals surface area contributed by atoms with Crippen molar-refractivity contribution in [3.63, 3.8) is 0 Å². The van der Waals surface area contributed by atoms with E-state index in [1.54, 1.807) is 29.5 Å². The first kappa shape index (κ1) is 24.0. The molecule has 0 aliphatic heterocycles. The van der Waals surface area contributed by atoms with Gasteiger partial charge in [0.05, 0.1) is 22.2 Å². The average molecular weight is 492 g/mol. The van der Waals surface area contributed by atoms with Crippen LogP contribution in [-0.4, -0.2) is 35.1 Å². The second-order valence-electron chi connectivity index (χ2n) is 7.16. The highest BCUT2D eigenvalue weighted by atomic mass is 35.5. The average Bonchev–Trinajstić information content (AvgIpc) is 3.26. The minimum absolute atomic E-state index is 0.103. The van der Waals surface area contributed by atoms with Crippen molar-refractivity contribution in [1.82, 2.24) is 10.3 Å². The van der Waals surface area contributed by atoms with Gasteiger partial charge in [-0.3, -0.25) is 9.59 Å². The molecule has 0 saturated carbocycles. The maximum absolute atomic E-state index is 12.1. The second-order valence-corrected chi connectivity index (χ2v) is 8.81. The fourth-order valence-corrected chi connectivity index (χ4v) is 4.24. The topological polar surface area (TPSA) is 82.5 Å². The summed E-state index contributed by atoms with van der Waals surface area (Å²) < 4.78 is 0. The Hall–Kier alpha value is -2.61. The van der Waals surface area contributed by atoms with E-state index in [-0.39, 0.29) is 18.9 Å². The van der Waals surface area contributed by atoms with Crippen LogP contribution in [0.3, 0.4) is 0 Å². The van der Waals surface area contributed by atoms with Crippen molar-refractivity contribution in [2.24, 2.45) is 0 Å². The fourth-order valence-electron chi connectivity index (χ4n) is 3.08. The fraction of sp³-hybridized carbons (Fsp3) is 0.261. The lowest BCUT2D eigenvalue weighted by Gasteiger charge is -2.21. The number of amides is 1. The van der Waals surface area contributed by atoms with Gasteiger partial charge in [0.2, 0.25) is 0 Å². The SMILES string of the molecule is CCCN(Cc1ccc(C(=O)NCCC(=O)O)cc1)c1nc(-c2ccc(Cl)c(Cl)c2)cs1. The Morgan fingerprint density at radius 2 is 1.88 bits per heavy atom. The number of nitrogens with zero attached hydrogens (tertiary/aromatic N) is 2. The Balaban J connectivity index is 1.69. The van der Waals surface area contributed by atoms with Crippen molar-refractivity contribution in [2.75, 3.05) is 18.0 Å². The lowest BCUT2D eigenvalue weighted by atomic mass is 10.1. The number of carbonyl (C=O) groups excluding carboxylic acids is 1. The van der Waals surface area contributed by atoms with E-state index < -0.39 is 5.97 Å². The number of nitrogens with one attached hydrogen (secondary N) is 1. The van der Waals surface area contributed by atoms with Crippen LogP contribution in [0, 0.1) is 0 Å². The molecule has 168 valence electrons. The number of carboxylic acids is 1. The zero-order chi connectivity index (χ0) is 23.1. The first-order valence-corrected chi connectivity index (χ1v) is 11.8. The smallest absolute Gasteiger partial charge is 0.305 e. The molecule has 2 N–H and O–H groups in total. The number of carboxylic acid groups (broad SMARTS) is 1. The van der Waals surface area contributed by atoms with Gasteiger partial charge in [-0.05, 0) is 36.2 Å². The van der Waals surface area contributed by atoms with E-state index in [4.69, 9.17) is 33.3 Å². The summed E-state index contributed by atoms with van der Waals surface area (Å²) in [7, 11) is 0. The van der Waals surface area contributed by atoms with Crippen LogP contribution >= 0.6 is 34.5 Å². The number of halogens is 2. The number of anilines is 1. The molecule has 0 saturated heterocycles. The summed E-state index contributed by atoms with van der Waals surface area (Å²) >= 11 is 13.7. The molecule has 0 fully saturated rings. The molecular formula is C23H23Cl2N3O3S. The zero-order valence-electron chi connectivity index (χ0n) is 17.5. The number of aliphatic carboxylic acids is 1. The van der Waals surface area contributed by atoms with Gasteiger partial charge >= 0.3 is 5.97 Å². The van der Waals surface area contributed by atoms with Crippen LogP contribution in [0.25, 0.3) is 11.3 Å². The van der Waals surface area contributed by atoms with Gasteiger partial charge < -0.3 is 15.3 Å². The van der Waals surface area contributed by atoms with Crippen molar-refractivity contribution < 1.29 is 14.7 Å². The molecule has 0 spiro atoms. The van der Waals surface area contributed by atoms with Crippen LogP contribution in [-0.2, 0) is 11.3 Å². The number of hydrogen-bond donors (Lipinski definition) is 2. The Kier molecular flexibility index (Phi) is 8.50. The molecule has 1 aromatic heterocycles. The summed E-state index contributed by atoms with van der Waals surface area (Å²) in [5.41, 5.74) is 3.30. The molecule has 32 heavy (non-hydrogen) atoms. The van der Waals surface area contributed by atoms with E-state index in [9.17, 15) is 9.59 Å². The maximum atomic E-state index is 12.1. The normalized spacial score (nSPS) is 10.7. The largest absolute Gasteiger partial charge is 0.481 e. The van der Waals surface area contributed by atoms with E-state index in [0.717, 1.165) is 34.9 Å². The third-order valence-corrected chi connectivity index (χ3v) is 6.33. The molecule has 9 heteroatoms. The van der Waals surface area contributed by atoms with Crippen LogP contribution in [0.5, 0.6) is 0 Å². The first-order chi connectivity index (χ1) is 15.4. The number of carbonyl (C=O) groups is 2. The second kappa shape index (κ2) is 11.3. The van der Waals surface area contributed by atoms with Crippen molar-refractivity contribution in [3.8, 4) is 11.3 Å². The molecular weight excluding hydrogens is 469 g/mol. The van der Waals surface area contributed by atoms with Gasteiger partial charge in [-0.1, -0.05) is 48.3 Å². The predicted molar refractivity (Wildman–Crippen MR) is 130 cm³/mol. The van der Waals surface area contributed by atoms with Gasteiger partial charge in [0, 0.05) is 36.1 Å². The van der Waals surface area contributed by atoms with E-state index in [1.165, 1.54) is 0 Å². The summed E-state index contributed by atoms with van der Waals surface area (Å²) in [5, 5.41) is 15.2. The van der Waals surface area contributed by atoms with Gasteiger partial charge in [-0.2, -0.15) is 0 Å². The Labute approximate surface area is 200 Å². The van der Waals surface area contributed by atoms with Gasteiger partial charge in [-0.25, -0.2) is 4.98 Å². The number of hydrogen-bond acceptors (Lipinski definition) is 5. The minimum Gasteiger partial charge on any atom is -0.481 e. The summed E-state index contributed by atoms with van der Waals surface area (Å²) in [6.07, 6.45) is 0.861. The number of rotatable bonds is 10. The van der Waals surface area contributed by atoms with Crippen LogP contribution in [0.2, 0.25) is 10.0 Å². The lowest BCUT2D eigenvalue weighted by Crippen LogP contribution is -2.26. The number of aromatic nitrogens is 1. The molecule has 0 aliphatic rings. The van der Waals surface area contributed by atoms with Crippen molar-refractivity contribution in [1.29, 1.82) is 0 Å². The summed E-state index contributed by atoms with van der Waals surface area (Å²) in [6, 6.07) is 12.8. The van der Waals surface area contributed by atoms with E-state index in [0.29, 0.717) is 22.2 Å². The van der Waals surface area contributed by atoms with Gasteiger partial charge in [0.15, 0.2) is 5.13 Å². The van der Waals surface area contributed by atoms with Crippen molar-refractivity contribution in [3.05, 3.63) is 69.0 Å². The van der Waals surface area contributed by atoms with Crippen LogP contribution in [0.4, 0.5) is 5.13 Å². The van der Waals surface area contributed by atoms with Gasteiger partial charge in [0.1, 0.15) is 0 Å². The summed E-state index contributed by atoms with van der Waals surface area (Å²) in [6.45, 7) is 3.71. The number of thiazole rings is 1. The Morgan fingerprint density at radius 1 is 1.12 bits per heavy atom. The molecule has 3 rings (SSSR count). The predicted octanol–water partition coefficient (Wildman–Crippen LogP) is 5.74. The standard InChI is InChI=1S/C23H23Cl2N3O3S/c1-2-11-28(23-27-20(14-32-23)17-7-8-18(24)19(25)12-17)13-15-3-5-16(6-4-15)22(31)26-10-9-21(29)30/h3-8,12,14H,2,9-11,13H2,1H3,(H,26,31)(H,29,30). The molecule has 0 atom stereocenters. The number of benzene rings is 2. The Morgan fingerprint density at radius 3 is 2.53 bits per heavy atom. The molecule has 6 nitrogen and oxygen atoms in total. The molecule has 2 aromatic carbocycles. The molecule has 0 unspecified atom stereocenters. The van der Waals surface area contributed by atoms with Gasteiger partial charge in [-0.15, -0.1) is 11.3 Å². The third kappa shape index (κ3) is 6.45. The van der Waals surface area contributed by atoms with Crippen LogP contribution in [0.15, 0.2) is 47.8 Å². The van der Waals surface area contributed by atoms with Crippen LogP contribution in [0.1, 0.15) is 35.7 Å². The minimum atomic E-state index is -0.943. The molecule has 1 amide bonds. The summed E-state index contributed by atoms with van der Waals surface area (Å²) in [4.78, 5) is 29.7. The van der Waals surface area contributed by atoms with E-state index >= 15 is 0 Å². The molecule has 3 aromatic rings. The zero-order valence-corrected chi connectivity index (χ0v) is 19.8. The molecule has 0 aliphatic carbocycles. The Bertz CT molecular complexity index is 1090. The maximum Gasteiger partial charge on any atom is 0.305 e. The van der Waals surface area contributed by atoms with Gasteiger partial charge in [0.25, 0.3) is 5.91 Å². The quantitative estimate of drug-likeness (QED) is 0.377. The van der Waals surface area contributed by atoms with Crippen molar-refractivity contribution in [2.45, 2.75) is 26.3 Å². The monoisotopic (exact) mass is 491 g/mol. The third-order valence-electron chi connectivity index (χ3n) is 4.69. The molecule has 0 bridgehead atoms. The lowest BCUT2D eigenvalue weighted by molar-refractivity contribution is -0.136. The highest BCUT2D eigenvalue weighted by Gasteiger charge is 2.14.